The fourth-order valence-corrected chi connectivity index (χ4v) is 2.49. The predicted molar refractivity (Wildman–Crippen MR) is 98.5 cm³/mol. The molecule has 2 aromatic carbocycles. The van der Waals surface area contributed by atoms with Crippen LogP contribution < -0.4 is 20.1 Å². The number of rotatable bonds is 7. The van der Waals surface area contributed by atoms with Crippen molar-refractivity contribution in [1.29, 1.82) is 0 Å². The van der Waals surface area contributed by atoms with E-state index in [4.69, 9.17) is 21.7 Å². The Kier molecular flexibility index (Phi) is 6.81. The Morgan fingerprint density at radius 1 is 1.08 bits per heavy atom. The number of benzene rings is 2. The Morgan fingerprint density at radius 3 is 2.58 bits per heavy atom. The van der Waals surface area contributed by atoms with Crippen LogP contribution in [0.1, 0.15) is 12.0 Å². The van der Waals surface area contributed by atoms with Crippen molar-refractivity contribution in [2.24, 2.45) is 0 Å². The molecule has 0 saturated carbocycles. The summed E-state index contributed by atoms with van der Waals surface area (Å²) in [4.78, 5) is 0. The summed E-state index contributed by atoms with van der Waals surface area (Å²) in [6, 6.07) is 12.1. The first-order valence-corrected chi connectivity index (χ1v) is 8.04. The molecule has 0 aliphatic heterocycles. The number of aryl methyl sites for hydroxylation is 1. The molecule has 6 heteroatoms. The second-order valence-electron chi connectivity index (χ2n) is 5.18. The Bertz CT molecular complexity index is 694. The lowest BCUT2D eigenvalue weighted by Gasteiger charge is -2.11. The maximum atomic E-state index is 13.1. The molecule has 0 spiro atoms. The van der Waals surface area contributed by atoms with Crippen LogP contribution in [0.3, 0.4) is 0 Å². The molecule has 4 nitrogen and oxygen atoms in total. The van der Waals surface area contributed by atoms with Crippen LogP contribution in [0.25, 0.3) is 0 Å². The lowest BCUT2D eigenvalue weighted by atomic mass is 10.1. The highest BCUT2D eigenvalue weighted by atomic mass is 32.1. The number of thiocarbonyl (C=S) groups is 1. The van der Waals surface area contributed by atoms with Crippen LogP contribution in [0, 0.1) is 5.82 Å². The first-order chi connectivity index (χ1) is 11.6. The third kappa shape index (κ3) is 5.38. The zero-order chi connectivity index (χ0) is 17.4. The minimum atomic E-state index is -0.295. The second kappa shape index (κ2) is 9.08. The van der Waals surface area contributed by atoms with Gasteiger partial charge in [0.1, 0.15) is 5.82 Å². The van der Waals surface area contributed by atoms with Crippen LogP contribution in [0.4, 0.5) is 10.1 Å². The van der Waals surface area contributed by atoms with E-state index in [9.17, 15) is 4.39 Å². The van der Waals surface area contributed by atoms with E-state index in [2.05, 4.69) is 10.6 Å². The zero-order valence-corrected chi connectivity index (χ0v) is 14.6. The van der Waals surface area contributed by atoms with Crippen molar-refractivity contribution in [1.82, 2.24) is 5.32 Å². The van der Waals surface area contributed by atoms with Crippen molar-refractivity contribution >= 4 is 23.0 Å². The van der Waals surface area contributed by atoms with Gasteiger partial charge in [-0.05, 0) is 61.0 Å². The van der Waals surface area contributed by atoms with E-state index in [0.29, 0.717) is 10.8 Å². The number of nitrogens with one attached hydrogen (secondary N) is 2. The van der Waals surface area contributed by atoms with Gasteiger partial charge in [0.15, 0.2) is 16.6 Å². The summed E-state index contributed by atoms with van der Waals surface area (Å²) in [5.74, 6) is 1.15. The maximum absolute atomic E-state index is 13.1. The fourth-order valence-electron chi connectivity index (χ4n) is 2.27. The quantitative estimate of drug-likeness (QED) is 0.589. The molecule has 2 aromatic rings. The molecule has 0 bridgehead atoms. The molecule has 2 rings (SSSR count). The molecule has 2 N–H and O–H groups in total. The molecule has 24 heavy (non-hydrogen) atoms. The van der Waals surface area contributed by atoms with Crippen molar-refractivity contribution in [3.8, 4) is 11.5 Å². The number of anilines is 1. The van der Waals surface area contributed by atoms with Crippen LogP contribution in [0.15, 0.2) is 42.5 Å². The number of ether oxygens (including phenoxy) is 2. The maximum Gasteiger partial charge on any atom is 0.170 e. The first-order valence-electron chi connectivity index (χ1n) is 7.63. The highest BCUT2D eigenvalue weighted by molar-refractivity contribution is 7.80. The average molecular weight is 348 g/mol. The molecule has 0 aliphatic rings. The van der Waals surface area contributed by atoms with Crippen molar-refractivity contribution in [3.63, 3.8) is 0 Å². The van der Waals surface area contributed by atoms with Gasteiger partial charge in [-0.3, -0.25) is 0 Å². The van der Waals surface area contributed by atoms with E-state index in [0.717, 1.165) is 30.9 Å². The third-order valence-electron chi connectivity index (χ3n) is 3.46. The minimum absolute atomic E-state index is 0.295. The molecule has 0 atom stereocenters. The van der Waals surface area contributed by atoms with Crippen molar-refractivity contribution in [2.75, 3.05) is 26.1 Å². The van der Waals surface area contributed by atoms with Gasteiger partial charge in [-0.2, -0.15) is 0 Å². The Balaban J connectivity index is 1.75. The largest absolute Gasteiger partial charge is 0.493 e. The lowest BCUT2D eigenvalue weighted by Crippen LogP contribution is -2.29. The smallest absolute Gasteiger partial charge is 0.170 e. The van der Waals surface area contributed by atoms with Gasteiger partial charge < -0.3 is 20.1 Å². The Hall–Kier alpha value is -2.34. The lowest BCUT2D eigenvalue weighted by molar-refractivity contribution is 0.354. The van der Waals surface area contributed by atoms with E-state index in [1.54, 1.807) is 26.4 Å². The van der Waals surface area contributed by atoms with E-state index < -0.39 is 0 Å². The Morgan fingerprint density at radius 2 is 1.88 bits per heavy atom. The van der Waals surface area contributed by atoms with Gasteiger partial charge in [-0.25, -0.2) is 4.39 Å². The van der Waals surface area contributed by atoms with Gasteiger partial charge in [0.05, 0.1) is 14.2 Å². The van der Waals surface area contributed by atoms with Gasteiger partial charge in [0.2, 0.25) is 0 Å². The number of methoxy groups -OCH3 is 2. The van der Waals surface area contributed by atoms with Crippen LogP contribution >= 0.6 is 12.2 Å². The summed E-state index contributed by atoms with van der Waals surface area (Å²) in [6.45, 7) is 0.718. The molecule has 0 aliphatic carbocycles. The highest BCUT2D eigenvalue weighted by Gasteiger charge is 2.04. The second-order valence-corrected chi connectivity index (χ2v) is 5.59. The molecule has 0 amide bonds. The van der Waals surface area contributed by atoms with Gasteiger partial charge in [-0.1, -0.05) is 12.1 Å². The summed E-state index contributed by atoms with van der Waals surface area (Å²) < 4.78 is 23.6. The van der Waals surface area contributed by atoms with Gasteiger partial charge in [-0.15, -0.1) is 0 Å². The molecule has 0 fully saturated rings. The number of hydrogen-bond donors (Lipinski definition) is 2. The molecule has 0 unspecified atom stereocenters. The molecule has 128 valence electrons. The number of halogens is 1. The van der Waals surface area contributed by atoms with Crippen LogP contribution in [0.2, 0.25) is 0 Å². The average Bonchev–Trinajstić information content (AvgIpc) is 2.58. The third-order valence-corrected chi connectivity index (χ3v) is 3.70. The summed E-state index contributed by atoms with van der Waals surface area (Å²) >= 11 is 5.20. The van der Waals surface area contributed by atoms with Crippen LogP contribution in [-0.2, 0) is 6.42 Å². The molecule has 0 saturated heterocycles. The molecular formula is C18H21FN2O2S. The van der Waals surface area contributed by atoms with Crippen molar-refractivity contribution < 1.29 is 13.9 Å². The molecule has 0 heterocycles. The summed E-state index contributed by atoms with van der Waals surface area (Å²) in [7, 11) is 3.24. The zero-order valence-electron chi connectivity index (χ0n) is 13.8. The van der Waals surface area contributed by atoms with Gasteiger partial charge in [0, 0.05) is 12.2 Å². The fraction of sp³-hybridized carbons (Fsp3) is 0.278. The normalized spacial score (nSPS) is 10.1. The summed E-state index contributed by atoms with van der Waals surface area (Å²) in [5, 5.41) is 6.55. The van der Waals surface area contributed by atoms with Gasteiger partial charge in [0.25, 0.3) is 0 Å². The topological polar surface area (TPSA) is 42.5 Å². The standard InChI is InChI=1S/C18H21FN2O2S/c1-22-16-9-8-13(11-17(16)23-2)5-4-10-20-18(24)21-15-7-3-6-14(19)12-15/h3,6-9,11-12H,4-5,10H2,1-2H3,(H2,20,21,24). The predicted octanol–water partition coefficient (Wildman–Crippen LogP) is 3.76. The van der Waals surface area contributed by atoms with E-state index in [1.165, 1.54) is 17.7 Å². The first kappa shape index (κ1) is 18.0. The van der Waals surface area contributed by atoms with Crippen LogP contribution in [0.5, 0.6) is 11.5 Å². The van der Waals surface area contributed by atoms with Gasteiger partial charge >= 0.3 is 0 Å². The van der Waals surface area contributed by atoms with E-state index >= 15 is 0 Å². The molecule has 0 aromatic heterocycles. The SMILES string of the molecule is COc1ccc(CCCNC(=S)Nc2cccc(F)c2)cc1OC. The van der Waals surface area contributed by atoms with Crippen molar-refractivity contribution in [3.05, 3.63) is 53.8 Å². The highest BCUT2D eigenvalue weighted by Crippen LogP contribution is 2.27. The summed E-state index contributed by atoms with van der Waals surface area (Å²) in [6.07, 6.45) is 1.79. The minimum Gasteiger partial charge on any atom is -0.493 e. The summed E-state index contributed by atoms with van der Waals surface area (Å²) in [5.41, 5.74) is 1.80. The van der Waals surface area contributed by atoms with E-state index in [-0.39, 0.29) is 5.82 Å². The Labute approximate surface area is 147 Å². The molecule has 0 radical (unpaired) electrons. The van der Waals surface area contributed by atoms with Crippen LogP contribution in [-0.4, -0.2) is 25.9 Å². The molecular weight excluding hydrogens is 327 g/mol. The van der Waals surface area contributed by atoms with E-state index in [1.807, 2.05) is 18.2 Å². The van der Waals surface area contributed by atoms with Crippen molar-refractivity contribution in [2.45, 2.75) is 12.8 Å². The number of hydrogen-bond acceptors (Lipinski definition) is 3. The monoisotopic (exact) mass is 348 g/mol.